The molecular weight excluding hydrogens is 218 g/mol. The minimum Gasteiger partial charge on any atom is -0.317 e. The SMILES string of the molecule is CCCCCCCCCCC(C)CCNCCC. The fourth-order valence-corrected chi connectivity index (χ4v) is 2.42. The van der Waals surface area contributed by atoms with E-state index in [4.69, 9.17) is 0 Å². The molecule has 110 valence electrons. The van der Waals surface area contributed by atoms with Gasteiger partial charge in [-0.15, -0.1) is 0 Å². The van der Waals surface area contributed by atoms with Gasteiger partial charge >= 0.3 is 0 Å². The van der Waals surface area contributed by atoms with E-state index in [0.717, 1.165) is 5.92 Å². The van der Waals surface area contributed by atoms with Gasteiger partial charge in [-0.1, -0.05) is 78.6 Å². The normalized spacial score (nSPS) is 12.8. The van der Waals surface area contributed by atoms with E-state index in [1.54, 1.807) is 0 Å². The highest BCUT2D eigenvalue weighted by molar-refractivity contribution is 4.57. The van der Waals surface area contributed by atoms with Crippen LogP contribution in [0.4, 0.5) is 0 Å². The molecule has 0 radical (unpaired) electrons. The van der Waals surface area contributed by atoms with Crippen LogP contribution in [0.25, 0.3) is 0 Å². The molecular formula is C17H37N. The smallest absolute Gasteiger partial charge is 0.00464 e. The summed E-state index contributed by atoms with van der Waals surface area (Å²) in [6.07, 6.45) is 15.6. The van der Waals surface area contributed by atoms with Crippen LogP contribution in [0.3, 0.4) is 0 Å². The first-order valence-electron chi connectivity index (χ1n) is 8.52. The summed E-state index contributed by atoms with van der Waals surface area (Å²) >= 11 is 0. The highest BCUT2D eigenvalue weighted by Crippen LogP contribution is 2.14. The van der Waals surface area contributed by atoms with Gasteiger partial charge in [0, 0.05) is 0 Å². The largest absolute Gasteiger partial charge is 0.317 e. The quantitative estimate of drug-likeness (QED) is 0.402. The number of hydrogen-bond acceptors (Lipinski definition) is 1. The Balaban J connectivity index is 3.08. The zero-order chi connectivity index (χ0) is 13.5. The lowest BCUT2D eigenvalue weighted by Gasteiger charge is -2.11. The Morgan fingerprint density at radius 1 is 0.667 bits per heavy atom. The van der Waals surface area contributed by atoms with Crippen molar-refractivity contribution in [2.75, 3.05) is 13.1 Å². The summed E-state index contributed by atoms with van der Waals surface area (Å²) in [5, 5.41) is 3.50. The number of nitrogens with one attached hydrogen (secondary N) is 1. The molecule has 0 spiro atoms. The van der Waals surface area contributed by atoms with Crippen molar-refractivity contribution in [2.45, 2.75) is 91.4 Å². The van der Waals surface area contributed by atoms with Crippen LogP contribution in [0.15, 0.2) is 0 Å². The van der Waals surface area contributed by atoms with Gasteiger partial charge in [0.15, 0.2) is 0 Å². The van der Waals surface area contributed by atoms with Crippen LogP contribution < -0.4 is 5.32 Å². The first-order valence-corrected chi connectivity index (χ1v) is 8.52. The van der Waals surface area contributed by atoms with E-state index in [2.05, 4.69) is 26.1 Å². The van der Waals surface area contributed by atoms with Gasteiger partial charge in [-0.05, 0) is 31.8 Å². The lowest BCUT2D eigenvalue weighted by Crippen LogP contribution is -2.18. The Labute approximate surface area is 116 Å². The summed E-state index contributed by atoms with van der Waals surface area (Å²) in [6, 6.07) is 0. The van der Waals surface area contributed by atoms with Crippen LogP contribution in [-0.2, 0) is 0 Å². The van der Waals surface area contributed by atoms with Crippen molar-refractivity contribution in [1.29, 1.82) is 0 Å². The van der Waals surface area contributed by atoms with Crippen molar-refractivity contribution in [2.24, 2.45) is 5.92 Å². The van der Waals surface area contributed by atoms with Gasteiger partial charge in [0.25, 0.3) is 0 Å². The Morgan fingerprint density at radius 3 is 1.89 bits per heavy atom. The second kappa shape index (κ2) is 15.0. The van der Waals surface area contributed by atoms with Gasteiger partial charge < -0.3 is 5.32 Å². The van der Waals surface area contributed by atoms with Crippen molar-refractivity contribution in [3.8, 4) is 0 Å². The summed E-state index contributed by atoms with van der Waals surface area (Å²) < 4.78 is 0. The van der Waals surface area contributed by atoms with Gasteiger partial charge in [0.2, 0.25) is 0 Å². The molecule has 0 aliphatic carbocycles. The van der Waals surface area contributed by atoms with Crippen LogP contribution in [0.5, 0.6) is 0 Å². The fraction of sp³-hybridized carbons (Fsp3) is 1.00. The maximum atomic E-state index is 3.50. The zero-order valence-electron chi connectivity index (χ0n) is 13.3. The van der Waals surface area contributed by atoms with E-state index in [1.807, 2.05) is 0 Å². The predicted molar refractivity (Wildman–Crippen MR) is 84.2 cm³/mol. The maximum absolute atomic E-state index is 3.50. The predicted octanol–water partition coefficient (Wildman–Crippen LogP) is 5.54. The molecule has 0 aromatic carbocycles. The molecule has 0 fully saturated rings. The third-order valence-corrected chi connectivity index (χ3v) is 3.79. The molecule has 0 heterocycles. The number of unbranched alkanes of at least 4 members (excludes halogenated alkanes) is 7. The molecule has 0 aliphatic rings. The molecule has 18 heavy (non-hydrogen) atoms. The van der Waals surface area contributed by atoms with Crippen LogP contribution in [0, 0.1) is 5.92 Å². The monoisotopic (exact) mass is 255 g/mol. The molecule has 0 aliphatic heterocycles. The highest BCUT2D eigenvalue weighted by atomic mass is 14.8. The van der Waals surface area contributed by atoms with E-state index in [9.17, 15) is 0 Å². The second-order valence-electron chi connectivity index (χ2n) is 5.91. The van der Waals surface area contributed by atoms with E-state index in [1.165, 1.54) is 83.7 Å². The third-order valence-electron chi connectivity index (χ3n) is 3.79. The van der Waals surface area contributed by atoms with E-state index >= 15 is 0 Å². The molecule has 0 bridgehead atoms. The summed E-state index contributed by atoms with van der Waals surface area (Å²) in [5.41, 5.74) is 0. The van der Waals surface area contributed by atoms with Gasteiger partial charge in [0.05, 0.1) is 0 Å². The van der Waals surface area contributed by atoms with E-state index < -0.39 is 0 Å². The summed E-state index contributed by atoms with van der Waals surface area (Å²) in [7, 11) is 0. The lowest BCUT2D eigenvalue weighted by atomic mass is 9.99. The summed E-state index contributed by atoms with van der Waals surface area (Å²) in [5.74, 6) is 0.912. The topological polar surface area (TPSA) is 12.0 Å². The van der Waals surface area contributed by atoms with Crippen molar-refractivity contribution in [1.82, 2.24) is 5.32 Å². The van der Waals surface area contributed by atoms with Crippen molar-refractivity contribution in [3.63, 3.8) is 0 Å². The fourth-order valence-electron chi connectivity index (χ4n) is 2.42. The molecule has 1 heteroatoms. The minimum atomic E-state index is 0.912. The molecule has 1 unspecified atom stereocenters. The Bertz CT molecular complexity index is 145. The number of rotatable bonds is 14. The lowest BCUT2D eigenvalue weighted by molar-refractivity contribution is 0.441. The Hall–Kier alpha value is -0.0400. The standard InChI is InChI=1S/C17H37N/c1-4-6-7-8-9-10-11-12-13-17(3)14-16-18-15-5-2/h17-18H,4-16H2,1-3H3. The third kappa shape index (κ3) is 14.0. The highest BCUT2D eigenvalue weighted by Gasteiger charge is 2.01. The zero-order valence-corrected chi connectivity index (χ0v) is 13.3. The van der Waals surface area contributed by atoms with E-state index in [0.29, 0.717) is 0 Å². The molecule has 0 saturated heterocycles. The molecule has 0 aromatic rings. The van der Waals surface area contributed by atoms with Crippen molar-refractivity contribution in [3.05, 3.63) is 0 Å². The van der Waals surface area contributed by atoms with Gasteiger partial charge in [-0.3, -0.25) is 0 Å². The average molecular weight is 255 g/mol. The van der Waals surface area contributed by atoms with Crippen LogP contribution in [0.2, 0.25) is 0 Å². The van der Waals surface area contributed by atoms with E-state index in [-0.39, 0.29) is 0 Å². The molecule has 1 atom stereocenters. The molecule has 0 saturated carbocycles. The first-order chi connectivity index (χ1) is 8.81. The molecule has 0 rings (SSSR count). The van der Waals surface area contributed by atoms with Crippen LogP contribution >= 0.6 is 0 Å². The summed E-state index contributed by atoms with van der Waals surface area (Å²) in [4.78, 5) is 0. The Kier molecular flexibility index (Phi) is 15.0. The first kappa shape index (κ1) is 18.0. The van der Waals surface area contributed by atoms with Crippen molar-refractivity contribution < 1.29 is 0 Å². The minimum absolute atomic E-state index is 0.912. The van der Waals surface area contributed by atoms with Crippen LogP contribution in [-0.4, -0.2) is 13.1 Å². The maximum Gasteiger partial charge on any atom is -0.00464 e. The average Bonchev–Trinajstić information content (AvgIpc) is 2.38. The van der Waals surface area contributed by atoms with Gasteiger partial charge in [0.1, 0.15) is 0 Å². The van der Waals surface area contributed by atoms with Crippen LogP contribution in [0.1, 0.15) is 91.4 Å². The number of hydrogen-bond donors (Lipinski definition) is 1. The molecule has 0 aromatic heterocycles. The molecule has 1 nitrogen and oxygen atoms in total. The van der Waals surface area contributed by atoms with Gasteiger partial charge in [-0.2, -0.15) is 0 Å². The van der Waals surface area contributed by atoms with Gasteiger partial charge in [-0.25, -0.2) is 0 Å². The molecule has 0 amide bonds. The Morgan fingerprint density at radius 2 is 1.28 bits per heavy atom. The summed E-state index contributed by atoms with van der Waals surface area (Å²) in [6.45, 7) is 9.33. The molecule has 1 N–H and O–H groups in total. The van der Waals surface area contributed by atoms with Crippen molar-refractivity contribution >= 4 is 0 Å². The second-order valence-corrected chi connectivity index (χ2v) is 5.91.